The van der Waals surface area contributed by atoms with Crippen molar-refractivity contribution in [2.24, 2.45) is 17.3 Å². The first-order valence-corrected chi connectivity index (χ1v) is 22.5. The number of benzene rings is 6. The summed E-state index contributed by atoms with van der Waals surface area (Å²) in [7, 11) is 2.13. The predicted octanol–water partition coefficient (Wildman–Crippen LogP) is 9.95. The van der Waals surface area contributed by atoms with E-state index < -0.39 is 0 Å². The fourth-order valence-electron chi connectivity index (χ4n) is 8.23. The van der Waals surface area contributed by atoms with Crippen LogP contribution in [0.3, 0.4) is 0 Å². The summed E-state index contributed by atoms with van der Waals surface area (Å²) in [6, 6.07) is 60.7. The van der Waals surface area contributed by atoms with Gasteiger partial charge in [-0.25, -0.2) is 4.79 Å². The monoisotopic (exact) mass is 848 g/mol. The molecule has 4 heterocycles. The van der Waals surface area contributed by atoms with Gasteiger partial charge in [0, 0.05) is 41.5 Å². The lowest BCUT2D eigenvalue weighted by Gasteiger charge is -2.09. The minimum Gasteiger partial charge on any atom is -0.462 e. The highest BCUT2D eigenvalue weighted by Crippen LogP contribution is 2.22. The Morgan fingerprint density at radius 1 is 0.548 bits per heavy atom. The molecule has 4 aromatic heterocycles. The Kier molecular flexibility index (Phi) is 11.1. The molecule has 10 aromatic rings. The molecule has 304 valence electrons. The van der Waals surface area contributed by atoms with Crippen LogP contribution in [0.5, 0.6) is 0 Å². The van der Waals surface area contributed by atoms with Crippen molar-refractivity contribution in [3.63, 3.8) is 0 Å². The van der Waals surface area contributed by atoms with Crippen molar-refractivity contribution in [1.82, 2.24) is 9.13 Å². The van der Waals surface area contributed by atoms with Gasteiger partial charge in [0.25, 0.3) is 11.4 Å². The summed E-state index contributed by atoms with van der Waals surface area (Å²) in [5.74, 6) is -0.312. The molecule has 0 aliphatic rings. The highest BCUT2D eigenvalue weighted by atomic mass is 32.1. The topological polar surface area (TPSA) is 68.6 Å². The molecule has 0 bridgehead atoms. The van der Waals surface area contributed by atoms with E-state index in [9.17, 15) is 4.79 Å². The van der Waals surface area contributed by atoms with E-state index in [-0.39, 0.29) is 5.97 Å². The number of ether oxygens (including phenoxy) is 1. The number of rotatable bonds is 12. The summed E-state index contributed by atoms with van der Waals surface area (Å²) in [5.41, 5.74) is 9.69. The number of hydrogen-bond acceptors (Lipinski definition) is 6. The SMILES string of the molecule is C[n+]1c(-c2ccc3ccccc3[n+]2CCCCOC(=O)c2ccc(Cn3/c(=N/N=c4/sc5ccccc5n4Cc4ccccc4)sc4ccccc43)cc2)ccc2ccccc21. The van der Waals surface area contributed by atoms with E-state index in [1.54, 1.807) is 22.7 Å². The molecule has 8 nitrogen and oxygen atoms in total. The number of fused-ring (bicyclic) bond motifs is 4. The van der Waals surface area contributed by atoms with E-state index in [1.807, 2.05) is 30.3 Å². The van der Waals surface area contributed by atoms with Gasteiger partial charge in [-0.2, -0.15) is 9.13 Å². The maximum Gasteiger partial charge on any atom is 0.338 e. The molecular formula is C52H44N6O2S2+2. The van der Waals surface area contributed by atoms with Crippen molar-refractivity contribution < 1.29 is 18.7 Å². The molecule has 62 heavy (non-hydrogen) atoms. The van der Waals surface area contributed by atoms with Gasteiger partial charge in [-0.1, -0.05) is 114 Å². The lowest BCUT2D eigenvalue weighted by Crippen LogP contribution is -2.42. The molecule has 0 atom stereocenters. The molecule has 0 aliphatic heterocycles. The largest absolute Gasteiger partial charge is 0.462 e. The number of carbonyl (C=O) groups excluding carboxylic acids is 1. The first kappa shape index (κ1) is 39.1. The summed E-state index contributed by atoms with van der Waals surface area (Å²) in [4.78, 5) is 14.9. The molecule has 0 saturated carbocycles. The maximum atomic E-state index is 13.3. The zero-order chi connectivity index (χ0) is 41.8. The number of para-hydroxylation sites is 4. The zero-order valence-electron chi connectivity index (χ0n) is 34.3. The summed E-state index contributed by atoms with van der Waals surface area (Å²) >= 11 is 3.26. The fourth-order valence-corrected chi connectivity index (χ4v) is 10.2. The highest BCUT2D eigenvalue weighted by molar-refractivity contribution is 7.16. The molecule has 0 N–H and O–H groups in total. The van der Waals surface area contributed by atoms with Crippen LogP contribution in [0, 0.1) is 0 Å². The van der Waals surface area contributed by atoms with Crippen molar-refractivity contribution >= 4 is 70.9 Å². The highest BCUT2D eigenvalue weighted by Gasteiger charge is 2.25. The van der Waals surface area contributed by atoms with Crippen LogP contribution >= 0.6 is 22.7 Å². The Morgan fingerprint density at radius 3 is 1.74 bits per heavy atom. The van der Waals surface area contributed by atoms with Crippen LogP contribution < -0.4 is 18.7 Å². The summed E-state index contributed by atoms with van der Waals surface area (Å²) < 4.78 is 17.2. The normalized spacial score (nSPS) is 12.3. The number of nitrogens with zero attached hydrogens (tertiary/aromatic N) is 6. The van der Waals surface area contributed by atoms with Gasteiger partial charge in [0.2, 0.25) is 20.6 Å². The van der Waals surface area contributed by atoms with Crippen molar-refractivity contribution in [2.45, 2.75) is 32.5 Å². The molecule has 0 spiro atoms. The first-order chi connectivity index (χ1) is 30.6. The third-order valence-electron chi connectivity index (χ3n) is 11.4. The second-order valence-electron chi connectivity index (χ2n) is 15.4. The Morgan fingerprint density at radius 2 is 1.08 bits per heavy atom. The van der Waals surface area contributed by atoms with Gasteiger partial charge in [0.15, 0.2) is 0 Å². The second kappa shape index (κ2) is 17.5. The quantitative estimate of drug-likeness (QED) is 0.0532. The molecule has 0 fully saturated rings. The Labute approximate surface area is 366 Å². The number of pyridine rings is 2. The summed E-state index contributed by atoms with van der Waals surface area (Å²) in [5, 5.41) is 12.2. The number of aryl methyl sites for hydroxylation is 2. The number of carbonyl (C=O) groups is 1. The number of aromatic nitrogens is 4. The van der Waals surface area contributed by atoms with Gasteiger partial charge in [-0.3, -0.25) is 0 Å². The third kappa shape index (κ3) is 7.98. The van der Waals surface area contributed by atoms with Crippen molar-refractivity contribution in [3.05, 3.63) is 202 Å². The molecule has 0 saturated heterocycles. The lowest BCUT2D eigenvalue weighted by molar-refractivity contribution is -0.680. The van der Waals surface area contributed by atoms with Crippen LogP contribution in [0.4, 0.5) is 0 Å². The van der Waals surface area contributed by atoms with Crippen LogP contribution in [0.1, 0.15) is 34.3 Å². The van der Waals surface area contributed by atoms with Crippen LogP contribution in [0.25, 0.3) is 53.6 Å². The van der Waals surface area contributed by atoms with Crippen LogP contribution in [0.15, 0.2) is 186 Å². The molecule has 0 radical (unpaired) electrons. The van der Waals surface area contributed by atoms with Crippen molar-refractivity contribution in [1.29, 1.82) is 0 Å². The molecule has 10 rings (SSSR count). The molecule has 6 aromatic carbocycles. The predicted molar refractivity (Wildman–Crippen MR) is 250 cm³/mol. The molecule has 0 amide bonds. The zero-order valence-corrected chi connectivity index (χ0v) is 35.9. The number of esters is 1. The van der Waals surface area contributed by atoms with E-state index in [0.717, 1.165) is 61.7 Å². The Hall–Kier alpha value is -7.01. The molecule has 0 aliphatic carbocycles. The molecule has 10 heteroatoms. The summed E-state index contributed by atoms with van der Waals surface area (Å²) in [6.07, 6.45) is 1.60. The van der Waals surface area contributed by atoms with Crippen molar-refractivity contribution in [2.75, 3.05) is 6.61 Å². The second-order valence-corrected chi connectivity index (χ2v) is 17.4. The van der Waals surface area contributed by atoms with Crippen LogP contribution in [-0.4, -0.2) is 21.7 Å². The Bertz CT molecular complexity index is 3380. The average molecular weight is 849 g/mol. The maximum absolute atomic E-state index is 13.3. The van der Waals surface area contributed by atoms with E-state index in [1.165, 1.54) is 32.1 Å². The Balaban J connectivity index is 0.834. The smallest absolute Gasteiger partial charge is 0.338 e. The van der Waals surface area contributed by atoms with E-state index in [2.05, 4.69) is 171 Å². The lowest BCUT2D eigenvalue weighted by atomic mass is 10.1. The van der Waals surface area contributed by atoms with E-state index >= 15 is 0 Å². The number of unbranched alkanes of at least 4 members (excludes halogenated alkanes) is 1. The minimum atomic E-state index is -0.312. The molecular weight excluding hydrogens is 805 g/mol. The average Bonchev–Trinajstić information content (AvgIpc) is 3.85. The minimum absolute atomic E-state index is 0.312. The van der Waals surface area contributed by atoms with Gasteiger partial charge in [-0.05, 0) is 78.2 Å². The van der Waals surface area contributed by atoms with Crippen LogP contribution in [-0.2, 0) is 31.4 Å². The van der Waals surface area contributed by atoms with Gasteiger partial charge < -0.3 is 13.9 Å². The van der Waals surface area contributed by atoms with Gasteiger partial charge in [0.05, 0.1) is 45.7 Å². The fraction of sp³-hybridized carbons (Fsp3) is 0.135. The summed E-state index contributed by atoms with van der Waals surface area (Å²) in [6.45, 7) is 2.43. The van der Waals surface area contributed by atoms with Gasteiger partial charge >= 0.3 is 5.97 Å². The number of thiazole rings is 2. The van der Waals surface area contributed by atoms with E-state index in [4.69, 9.17) is 14.9 Å². The third-order valence-corrected chi connectivity index (χ3v) is 13.5. The number of hydrogen-bond donors (Lipinski definition) is 0. The first-order valence-electron chi connectivity index (χ1n) is 20.9. The molecule has 0 unspecified atom stereocenters. The van der Waals surface area contributed by atoms with Gasteiger partial charge in [0.1, 0.15) is 13.6 Å². The van der Waals surface area contributed by atoms with Crippen LogP contribution in [0.2, 0.25) is 0 Å². The van der Waals surface area contributed by atoms with E-state index in [0.29, 0.717) is 25.3 Å². The van der Waals surface area contributed by atoms with Crippen molar-refractivity contribution in [3.8, 4) is 11.4 Å². The van der Waals surface area contributed by atoms with Gasteiger partial charge in [-0.15, -0.1) is 10.2 Å². The standard InChI is InChI=1S/C52H44N6O2S2/c1-55-42-19-7-5-17-39(42)29-31-44(55)45-32-30-40-18-6-8-20-43(40)56(45)33-13-14-34-60-50(59)41-27-25-38(26-28-41)36-58-47-22-10-12-24-49(47)62-52(58)54-53-51-57(35-37-15-3-2-4-16-37)46-21-9-11-23-48(46)61-51/h2-12,15-32H,13-14,33-36H2,1H3/q+2/b53-51+,54-52-.